The number of hydrogen-bond donors (Lipinski definition) is 1. The lowest BCUT2D eigenvalue weighted by atomic mass is 10.2. The van der Waals surface area contributed by atoms with Gasteiger partial charge in [-0.2, -0.15) is 10.4 Å². The Bertz CT molecular complexity index is 1100. The summed E-state index contributed by atoms with van der Waals surface area (Å²) in [5.41, 5.74) is 5.55. The number of aromatic nitrogens is 1. The van der Waals surface area contributed by atoms with Crippen molar-refractivity contribution in [2.45, 2.75) is 11.1 Å². The van der Waals surface area contributed by atoms with Gasteiger partial charge in [0, 0.05) is 34.2 Å². The highest BCUT2D eigenvalue weighted by molar-refractivity contribution is 8.19. The number of benzene rings is 2. The van der Waals surface area contributed by atoms with Gasteiger partial charge in [0.1, 0.15) is 12.3 Å². The molecular formula is C22H20N4O2S2. The first-order valence-electron chi connectivity index (χ1n) is 9.47. The lowest BCUT2D eigenvalue weighted by Gasteiger charge is -2.10. The van der Waals surface area contributed by atoms with Crippen molar-refractivity contribution in [3.63, 3.8) is 0 Å². The highest BCUT2D eigenvalue weighted by Crippen LogP contribution is 2.45. The Balaban J connectivity index is 1.31. The fourth-order valence-corrected chi connectivity index (χ4v) is 6.07. The molecule has 2 heterocycles. The van der Waals surface area contributed by atoms with Gasteiger partial charge in [0.25, 0.3) is 5.91 Å². The van der Waals surface area contributed by atoms with Crippen molar-refractivity contribution in [2.75, 3.05) is 18.1 Å². The van der Waals surface area contributed by atoms with E-state index in [1.807, 2.05) is 70.7 Å². The van der Waals surface area contributed by atoms with E-state index in [0.717, 1.165) is 16.5 Å². The monoisotopic (exact) mass is 436 g/mol. The minimum Gasteiger partial charge on any atom is -0.484 e. The number of thioether (sulfide) groups is 2. The fraction of sp³-hybridized carbons (Fsp3) is 0.227. The van der Waals surface area contributed by atoms with Crippen LogP contribution in [-0.2, 0) is 11.3 Å². The van der Waals surface area contributed by atoms with Crippen LogP contribution in [0.15, 0.2) is 59.8 Å². The molecule has 1 saturated heterocycles. The summed E-state index contributed by atoms with van der Waals surface area (Å²) in [5.74, 6) is 2.70. The van der Waals surface area contributed by atoms with Gasteiger partial charge in [0.2, 0.25) is 0 Å². The summed E-state index contributed by atoms with van der Waals surface area (Å²) in [5, 5.41) is 14.0. The van der Waals surface area contributed by atoms with Gasteiger partial charge in [-0.1, -0.05) is 30.3 Å². The Morgan fingerprint density at radius 1 is 1.23 bits per heavy atom. The number of para-hydroxylation sites is 1. The van der Waals surface area contributed by atoms with Crippen molar-refractivity contribution in [1.29, 1.82) is 5.26 Å². The summed E-state index contributed by atoms with van der Waals surface area (Å²) in [7, 11) is 0. The van der Waals surface area contributed by atoms with E-state index in [1.54, 1.807) is 6.21 Å². The maximum absolute atomic E-state index is 12.0. The predicted octanol–water partition coefficient (Wildman–Crippen LogP) is 4.17. The molecule has 8 heteroatoms. The van der Waals surface area contributed by atoms with E-state index >= 15 is 0 Å². The van der Waals surface area contributed by atoms with Gasteiger partial charge in [-0.3, -0.25) is 4.79 Å². The summed E-state index contributed by atoms with van der Waals surface area (Å²) in [6.45, 7) is 0.144. The van der Waals surface area contributed by atoms with Gasteiger partial charge < -0.3 is 9.30 Å². The van der Waals surface area contributed by atoms with Gasteiger partial charge in [0.15, 0.2) is 6.61 Å². The third-order valence-electron chi connectivity index (χ3n) is 4.60. The zero-order valence-corrected chi connectivity index (χ0v) is 17.8. The molecule has 6 nitrogen and oxygen atoms in total. The molecule has 1 aliphatic heterocycles. The molecule has 2 aromatic carbocycles. The summed E-state index contributed by atoms with van der Waals surface area (Å²) in [4.78, 5) is 12.0. The average molecular weight is 437 g/mol. The number of amides is 1. The van der Waals surface area contributed by atoms with Crippen LogP contribution in [0.2, 0.25) is 0 Å². The van der Waals surface area contributed by atoms with Crippen molar-refractivity contribution in [2.24, 2.45) is 5.10 Å². The maximum Gasteiger partial charge on any atom is 0.277 e. The number of nitriles is 1. The number of hydrogen-bond acceptors (Lipinski definition) is 6. The summed E-state index contributed by atoms with van der Waals surface area (Å²) in [6.07, 6.45) is 3.43. The van der Waals surface area contributed by atoms with Gasteiger partial charge in [-0.05, 0) is 23.8 Å². The van der Waals surface area contributed by atoms with E-state index in [4.69, 9.17) is 10.00 Å². The molecule has 0 aliphatic carbocycles. The highest BCUT2D eigenvalue weighted by Gasteiger charge is 2.18. The summed E-state index contributed by atoms with van der Waals surface area (Å²) < 4.78 is 7.91. The third kappa shape index (κ3) is 4.81. The molecule has 0 saturated carbocycles. The summed E-state index contributed by atoms with van der Waals surface area (Å²) >= 11 is 3.91. The van der Waals surface area contributed by atoms with Crippen LogP contribution in [0.3, 0.4) is 0 Å². The third-order valence-corrected chi connectivity index (χ3v) is 7.70. The van der Waals surface area contributed by atoms with Gasteiger partial charge in [-0.25, -0.2) is 5.43 Å². The molecule has 1 aromatic heterocycles. The zero-order valence-electron chi connectivity index (χ0n) is 16.2. The predicted molar refractivity (Wildman–Crippen MR) is 123 cm³/mol. The number of nitrogens with one attached hydrogen (secondary N) is 1. The molecule has 0 radical (unpaired) electrons. The van der Waals surface area contributed by atoms with Crippen LogP contribution in [0.5, 0.6) is 5.75 Å². The number of fused-ring (bicyclic) bond motifs is 1. The van der Waals surface area contributed by atoms with Crippen molar-refractivity contribution in [3.8, 4) is 11.8 Å². The van der Waals surface area contributed by atoms with E-state index in [2.05, 4.69) is 28.7 Å². The molecule has 1 amide bonds. The van der Waals surface area contributed by atoms with Crippen LogP contribution in [0.25, 0.3) is 10.9 Å². The molecule has 1 N–H and O–H groups in total. The lowest BCUT2D eigenvalue weighted by molar-refractivity contribution is -0.123. The molecule has 152 valence electrons. The molecule has 0 atom stereocenters. The zero-order chi connectivity index (χ0) is 20.8. The highest BCUT2D eigenvalue weighted by atomic mass is 32.2. The molecule has 1 fully saturated rings. The number of carbonyl (C=O) groups excluding carboxylic acids is 1. The lowest BCUT2D eigenvalue weighted by Crippen LogP contribution is -2.24. The number of rotatable bonds is 7. The Kier molecular flexibility index (Phi) is 6.62. The number of ether oxygens (including phenoxy) is 1. The van der Waals surface area contributed by atoms with Crippen molar-refractivity contribution in [3.05, 3.63) is 65.9 Å². The minimum absolute atomic E-state index is 0.111. The topological polar surface area (TPSA) is 79.4 Å². The second-order valence-corrected chi connectivity index (χ2v) is 9.34. The standard InChI is InChI=1S/C22H20N4O2S2/c23-9-10-26-14-17(19-3-1-2-4-20(19)26)13-24-25-21(27)15-28-18-7-5-16(6-8-18)22-29-11-12-30-22/h1-8,13-14,22H,10-12,15H2,(H,25,27)/b24-13-. The van der Waals surface area contributed by atoms with Crippen LogP contribution >= 0.6 is 23.5 Å². The Labute approximate surface area is 183 Å². The smallest absolute Gasteiger partial charge is 0.277 e. The molecule has 0 unspecified atom stereocenters. The van der Waals surface area contributed by atoms with E-state index in [0.29, 0.717) is 10.3 Å². The molecule has 1 aliphatic rings. The van der Waals surface area contributed by atoms with Crippen LogP contribution in [-0.4, -0.2) is 34.8 Å². The first kappa shape index (κ1) is 20.4. The van der Waals surface area contributed by atoms with Crippen LogP contribution in [0.1, 0.15) is 15.7 Å². The SMILES string of the molecule is N#CCn1cc(/C=N\NC(=O)COc2ccc(C3SCCS3)cc2)c2ccccc21. The maximum atomic E-state index is 12.0. The van der Waals surface area contributed by atoms with E-state index in [9.17, 15) is 4.79 Å². The van der Waals surface area contributed by atoms with Crippen molar-refractivity contribution < 1.29 is 9.53 Å². The Morgan fingerprint density at radius 3 is 2.77 bits per heavy atom. The molecule has 0 bridgehead atoms. The number of carbonyl (C=O) groups is 1. The summed E-state index contributed by atoms with van der Waals surface area (Å²) in [6, 6.07) is 17.8. The second-order valence-electron chi connectivity index (χ2n) is 6.61. The van der Waals surface area contributed by atoms with Gasteiger partial charge >= 0.3 is 0 Å². The van der Waals surface area contributed by atoms with Crippen molar-refractivity contribution >= 4 is 46.5 Å². The molecule has 3 aromatic rings. The second kappa shape index (κ2) is 9.74. The Morgan fingerprint density at radius 2 is 2.00 bits per heavy atom. The number of hydrazone groups is 1. The van der Waals surface area contributed by atoms with Crippen LogP contribution < -0.4 is 10.2 Å². The quantitative estimate of drug-likeness (QED) is 0.444. The number of nitrogens with zero attached hydrogens (tertiary/aromatic N) is 3. The molecule has 30 heavy (non-hydrogen) atoms. The first-order valence-corrected chi connectivity index (χ1v) is 11.6. The van der Waals surface area contributed by atoms with E-state index in [-0.39, 0.29) is 19.1 Å². The normalized spacial score (nSPS) is 14.2. The molecule has 4 rings (SSSR count). The van der Waals surface area contributed by atoms with E-state index < -0.39 is 0 Å². The van der Waals surface area contributed by atoms with Crippen LogP contribution in [0.4, 0.5) is 0 Å². The van der Waals surface area contributed by atoms with Gasteiger partial charge in [0.05, 0.1) is 16.9 Å². The first-order chi connectivity index (χ1) is 14.7. The van der Waals surface area contributed by atoms with E-state index in [1.165, 1.54) is 17.1 Å². The largest absolute Gasteiger partial charge is 0.484 e. The average Bonchev–Trinajstić information content (AvgIpc) is 3.42. The Hall–Kier alpha value is -2.89. The molecular weight excluding hydrogens is 416 g/mol. The van der Waals surface area contributed by atoms with Crippen LogP contribution in [0, 0.1) is 11.3 Å². The fourth-order valence-electron chi connectivity index (χ4n) is 3.21. The minimum atomic E-state index is -0.335. The molecule has 0 spiro atoms. The van der Waals surface area contributed by atoms with Gasteiger partial charge in [-0.15, -0.1) is 23.5 Å². The van der Waals surface area contributed by atoms with Crippen molar-refractivity contribution in [1.82, 2.24) is 9.99 Å².